The summed E-state index contributed by atoms with van der Waals surface area (Å²) in [5, 5.41) is 2.94. The van der Waals surface area contributed by atoms with Crippen LogP contribution in [0.5, 0.6) is 0 Å². The molecule has 0 atom stereocenters. The number of hydrogen-bond acceptors (Lipinski definition) is 5. The highest BCUT2D eigenvalue weighted by atomic mass is 15.2. The Morgan fingerprint density at radius 3 is 3.00 bits per heavy atom. The number of nitrogens with one attached hydrogen (secondary N) is 2. The highest BCUT2D eigenvalue weighted by molar-refractivity contribution is 5.79. The maximum atomic E-state index is 4.47. The summed E-state index contributed by atoms with van der Waals surface area (Å²) in [7, 11) is 1.78. The zero-order chi connectivity index (χ0) is 12.5. The Balaban J connectivity index is 2.30. The molecule has 3 aromatic heterocycles. The van der Waals surface area contributed by atoms with Crippen LogP contribution in [0.4, 0.5) is 5.95 Å². The molecule has 0 amide bonds. The van der Waals surface area contributed by atoms with Crippen molar-refractivity contribution in [2.45, 2.75) is 13.3 Å². The van der Waals surface area contributed by atoms with Crippen LogP contribution >= 0.6 is 0 Å². The fourth-order valence-electron chi connectivity index (χ4n) is 1.89. The predicted octanol–water partition coefficient (Wildman–Crippen LogP) is 1.14. The van der Waals surface area contributed by atoms with E-state index < -0.39 is 0 Å². The van der Waals surface area contributed by atoms with Gasteiger partial charge in [-0.25, -0.2) is 9.97 Å². The van der Waals surface area contributed by atoms with Crippen molar-refractivity contribution in [3.05, 3.63) is 24.5 Å². The maximum absolute atomic E-state index is 4.47. The van der Waals surface area contributed by atoms with Crippen LogP contribution in [0.25, 0.3) is 17.0 Å². The van der Waals surface area contributed by atoms with Crippen molar-refractivity contribution in [1.82, 2.24) is 29.5 Å². The average Bonchev–Trinajstić information content (AvgIpc) is 3.05. The van der Waals surface area contributed by atoms with E-state index in [1.54, 1.807) is 19.6 Å². The summed E-state index contributed by atoms with van der Waals surface area (Å²) >= 11 is 0. The fraction of sp³-hybridized carbons (Fsp3) is 0.273. The lowest BCUT2D eigenvalue weighted by molar-refractivity contribution is 0.869. The molecule has 0 aliphatic carbocycles. The zero-order valence-corrected chi connectivity index (χ0v) is 10.2. The number of hydrogen-bond donors (Lipinski definition) is 2. The van der Waals surface area contributed by atoms with Crippen LogP contribution in [-0.2, 0) is 6.42 Å². The number of anilines is 1. The Labute approximate surface area is 103 Å². The molecule has 0 spiro atoms. The van der Waals surface area contributed by atoms with E-state index in [2.05, 4.69) is 37.2 Å². The normalized spacial score (nSPS) is 11.0. The Kier molecular flexibility index (Phi) is 2.44. The summed E-state index contributed by atoms with van der Waals surface area (Å²) in [5.41, 5.74) is 1.45. The molecule has 0 aromatic carbocycles. The van der Waals surface area contributed by atoms with Gasteiger partial charge in [0, 0.05) is 25.9 Å². The van der Waals surface area contributed by atoms with Gasteiger partial charge in [-0.05, 0) is 0 Å². The molecule has 0 aliphatic rings. The molecule has 3 heterocycles. The molecular formula is C11H13N7. The van der Waals surface area contributed by atoms with Crippen LogP contribution in [0.3, 0.4) is 0 Å². The number of aryl methyl sites for hydroxylation is 1. The molecule has 0 radical (unpaired) electrons. The number of fused-ring (bicyclic) bond motifs is 1. The van der Waals surface area contributed by atoms with Crippen molar-refractivity contribution in [1.29, 1.82) is 0 Å². The minimum atomic E-state index is 0.542. The second kappa shape index (κ2) is 4.10. The summed E-state index contributed by atoms with van der Waals surface area (Å²) < 4.78 is 1.95. The first-order valence-electron chi connectivity index (χ1n) is 5.75. The number of nitrogens with zero attached hydrogens (tertiary/aromatic N) is 5. The molecule has 92 valence electrons. The molecule has 7 nitrogen and oxygen atoms in total. The third-order valence-corrected chi connectivity index (χ3v) is 2.75. The molecule has 0 fully saturated rings. The summed E-state index contributed by atoms with van der Waals surface area (Å²) in [6, 6.07) is 0. The number of H-pyrrole nitrogens is 1. The number of rotatable bonds is 3. The van der Waals surface area contributed by atoms with Crippen molar-refractivity contribution in [3.63, 3.8) is 0 Å². The molecule has 3 rings (SSSR count). The lowest BCUT2D eigenvalue weighted by Crippen LogP contribution is -2.06. The van der Waals surface area contributed by atoms with E-state index in [1.165, 1.54) is 0 Å². The van der Waals surface area contributed by atoms with Gasteiger partial charge in [0.05, 0.1) is 6.33 Å². The topological polar surface area (TPSA) is 84.3 Å². The standard InChI is InChI=1S/C11H13N7/c1-3-7-13-4-5-18(7)10-8-9(15-6-14-8)16-11(12-2)17-10/h4-6H,3H2,1-2H3,(H2,12,14,15,16,17). The van der Waals surface area contributed by atoms with Gasteiger partial charge >= 0.3 is 0 Å². The van der Waals surface area contributed by atoms with Crippen molar-refractivity contribution < 1.29 is 0 Å². The molecule has 0 bridgehead atoms. The monoisotopic (exact) mass is 243 g/mol. The number of aromatic nitrogens is 6. The van der Waals surface area contributed by atoms with Crippen LogP contribution in [-0.4, -0.2) is 36.5 Å². The van der Waals surface area contributed by atoms with Gasteiger partial charge in [-0.2, -0.15) is 9.97 Å². The summed E-state index contributed by atoms with van der Waals surface area (Å²) in [6.07, 6.45) is 6.11. The summed E-state index contributed by atoms with van der Waals surface area (Å²) in [4.78, 5) is 20.3. The number of imidazole rings is 2. The molecule has 2 N–H and O–H groups in total. The predicted molar refractivity (Wildman–Crippen MR) is 67.7 cm³/mol. The Morgan fingerprint density at radius 2 is 2.22 bits per heavy atom. The first-order chi connectivity index (χ1) is 8.83. The first kappa shape index (κ1) is 10.7. The lowest BCUT2D eigenvalue weighted by atomic mass is 10.4. The maximum Gasteiger partial charge on any atom is 0.226 e. The van der Waals surface area contributed by atoms with E-state index in [4.69, 9.17) is 0 Å². The molecule has 0 aliphatic heterocycles. The minimum Gasteiger partial charge on any atom is -0.357 e. The lowest BCUT2D eigenvalue weighted by Gasteiger charge is -2.08. The quantitative estimate of drug-likeness (QED) is 0.720. The van der Waals surface area contributed by atoms with E-state index in [0.717, 1.165) is 23.6 Å². The SMILES string of the molecule is CCc1nccn1-c1nc(NC)nc2nc[nH]c12. The Hall–Kier alpha value is -2.44. The van der Waals surface area contributed by atoms with E-state index in [0.29, 0.717) is 11.6 Å². The zero-order valence-electron chi connectivity index (χ0n) is 10.2. The third kappa shape index (κ3) is 1.52. The van der Waals surface area contributed by atoms with Gasteiger partial charge in [0.1, 0.15) is 11.3 Å². The van der Waals surface area contributed by atoms with Gasteiger partial charge in [0.25, 0.3) is 0 Å². The Morgan fingerprint density at radius 1 is 1.33 bits per heavy atom. The molecule has 7 heteroatoms. The molecule has 18 heavy (non-hydrogen) atoms. The fourth-order valence-corrected chi connectivity index (χ4v) is 1.89. The smallest absolute Gasteiger partial charge is 0.226 e. The summed E-state index contributed by atoms with van der Waals surface area (Å²) in [6.45, 7) is 2.06. The third-order valence-electron chi connectivity index (χ3n) is 2.75. The second-order valence-electron chi connectivity index (χ2n) is 3.79. The van der Waals surface area contributed by atoms with Crippen LogP contribution in [0.2, 0.25) is 0 Å². The molecular weight excluding hydrogens is 230 g/mol. The van der Waals surface area contributed by atoms with Gasteiger partial charge in [-0.15, -0.1) is 0 Å². The highest BCUT2D eigenvalue weighted by Gasteiger charge is 2.13. The highest BCUT2D eigenvalue weighted by Crippen LogP contribution is 2.19. The van der Waals surface area contributed by atoms with Gasteiger partial charge in [0.15, 0.2) is 11.5 Å². The van der Waals surface area contributed by atoms with Gasteiger partial charge < -0.3 is 10.3 Å². The second-order valence-corrected chi connectivity index (χ2v) is 3.79. The van der Waals surface area contributed by atoms with Gasteiger partial charge in [0.2, 0.25) is 5.95 Å². The van der Waals surface area contributed by atoms with Crippen LogP contribution in [0.1, 0.15) is 12.7 Å². The molecule has 0 unspecified atom stereocenters. The molecule has 3 aromatic rings. The molecule has 0 saturated carbocycles. The van der Waals surface area contributed by atoms with Crippen molar-refractivity contribution in [2.75, 3.05) is 12.4 Å². The largest absolute Gasteiger partial charge is 0.357 e. The van der Waals surface area contributed by atoms with E-state index in [1.807, 2.05) is 10.8 Å². The van der Waals surface area contributed by atoms with Crippen molar-refractivity contribution in [2.24, 2.45) is 0 Å². The average molecular weight is 243 g/mol. The van der Waals surface area contributed by atoms with E-state index in [9.17, 15) is 0 Å². The van der Waals surface area contributed by atoms with Gasteiger partial charge in [-0.1, -0.05) is 6.92 Å². The summed E-state index contributed by atoms with van der Waals surface area (Å²) in [5.74, 6) is 2.25. The van der Waals surface area contributed by atoms with Crippen molar-refractivity contribution >= 4 is 17.1 Å². The van der Waals surface area contributed by atoms with Crippen LogP contribution < -0.4 is 5.32 Å². The first-order valence-corrected chi connectivity index (χ1v) is 5.75. The Bertz CT molecular complexity index is 682. The minimum absolute atomic E-state index is 0.542. The van der Waals surface area contributed by atoms with Crippen LogP contribution in [0, 0.1) is 0 Å². The van der Waals surface area contributed by atoms with Crippen LogP contribution in [0.15, 0.2) is 18.7 Å². The van der Waals surface area contributed by atoms with Crippen molar-refractivity contribution in [3.8, 4) is 5.82 Å². The molecule has 0 saturated heterocycles. The van der Waals surface area contributed by atoms with E-state index in [-0.39, 0.29) is 0 Å². The van der Waals surface area contributed by atoms with Gasteiger partial charge in [-0.3, -0.25) is 4.57 Å². The number of aromatic amines is 1. The van der Waals surface area contributed by atoms with E-state index >= 15 is 0 Å².